The van der Waals surface area contributed by atoms with Gasteiger partial charge in [-0.05, 0) is 51.4 Å². The SMILES string of the molecule is CCC=CCC=CCC=CCCCCCCCC(=O)OC[C@@H](COC(=O)CCCCCCCCCCCCCC)OC(=O)CCCCCCCCCCCCCCCCC. The van der Waals surface area contributed by atoms with E-state index in [4.69, 9.17) is 14.2 Å². The van der Waals surface area contributed by atoms with Gasteiger partial charge in [0.1, 0.15) is 13.2 Å². The Balaban J connectivity index is 4.36. The highest BCUT2D eigenvalue weighted by Crippen LogP contribution is 2.16. The van der Waals surface area contributed by atoms with E-state index in [1.165, 1.54) is 135 Å². The van der Waals surface area contributed by atoms with Crippen LogP contribution in [-0.2, 0) is 28.6 Å². The average Bonchev–Trinajstić information content (AvgIpc) is 3.24. The third kappa shape index (κ3) is 46.7. The molecule has 6 heteroatoms. The van der Waals surface area contributed by atoms with E-state index in [1.54, 1.807) is 0 Å². The molecule has 0 radical (unpaired) electrons. The van der Waals surface area contributed by atoms with Crippen molar-refractivity contribution < 1.29 is 28.6 Å². The minimum absolute atomic E-state index is 0.0734. The topological polar surface area (TPSA) is 78.9 Å². The molecule has 0 aromatic carbocycles. The first-order valence-electron chi connectivity index (χ1n) is 26.0. The minimum atomic E-state index is -0.773. The minimum Gasteiger partial charge on any atom is -0.462 e. The molecule has 0 aromatic heterocycles. The third-order valence-electron chi connectivity index (χ3n) is 11.4. The fraction of sp³-hybridized carbons (Fsp3) is 0.833. The van der Waals surface area contributed by atoms with E-state index >= 15 is 0 Å². The van der Waals surface area contributed by atoms with E-state index in [2.05, 4.69) is 57.2 Å². The van der Waals surface area contributed by atoms with Crippen molar-refractivity contribution in [3.05, 3.63) is 36.5 Å². The highest BCUT2D eigenvalue weighted by Gasteiger charge is 2.19. The van der Waals surface area contributed by atoms with Crippen molar-refractivity contribution in [2.45, 2.75) is 277 Å². The molecule has 350 valence electrons. The molecule has 0 fully saturated rings. The van der Waals surface area contributed by atoms with Crippen molar-refractivity contribution in [3.8, 4) is 0 Å². The summed E-state index contributed by atoms with van der Waals surface area (Å²) < 4.78 is 16.8. The molecule has 0 heterocycles. The van der Waals surface area contributed by atoms with Gasteiger partial charge >= 0.3 is 17.9 Å². The Morgan fingerprint density at radius 2 is 0.650 bits per heavy atom. The molecular formula is C54H98O6. The summed E-state index contributed by atoms with van der Waals surface area (Å²) in [5.74, 6) is -0.879. The second-order valence-corrected chi connectivity index (χ2v) is 17.4. The van der Waals surface area contributed by atoms with Crippen molar-refractivity contribution in [1.29, 1.82) is 0 Å². The zero-order valence-corrected chi connectivity index (χ0v) is 40.0. The fourth-order valence-corrected chi connectivity index (χ4v) is 7.52. The van der Waals surface area contributed by atoms with Gasteiger partial charge in [-0.2, -0.15) is 0 Å². The van der Waals surface area contributed by atoms with Crippen LogP contribution in [0.4, 0.5) is 0 Å². The molecule has 60 heavy (non-hydrogen) atoms. The van der Waals surface area contributed by atoms with E-state index < -0.39 is 6.10 Å². The lowest BCUT2D eigenvalue weighted by molar-refractivity contribution is -0.167. The predicted octanol–water partition coefficient (Wildman–Crippen LogP) is 16.9. The molecule has 0 spiro atoms. The molecule has 0 saturated carbocycles. The third-order valence-corrected chi connectivity index (χ3v) is 11.4. The normalized spacial score (nSPS) is 12.2. The van der Waals surface area contributed by atoms with Crippen LogP contribution in [0, 0.1) is 0 Å². The van der Waals surface area contributed by atoms with Gasteiger partial charge in [-0.25, -0.2) is 0 Å². The van der Waals surface area contributed by atoms with Crippen LogP contribution in [0.15, 0.2) is 36.5 Å². The molecule has 1 atom stereocenters. The lowest BCUT2D eigenvalue weighted by atomic mass is 10.0. The van der Waals surface area contributed by atoms with Crippen LogP contribution in [0.1, 0.15) is 271 Å². The fourth-order valence-electron chi connectivity index (χ4n) is 7.52. The number of ether oxygens (including phenoxy) is 3. The van der Waals surface area contributed by atoms with Gasteiger partial charge in [0.15, 0.2) is 6.10 Å². The first kappa shape index (κ1) is 57.6. The van der Waals surface area contributed by atoms with Crippen LogP contribution in [0.3, 0.4) is 0 Å². The Kier molecular flexibility index (Phi) is 47.3. The highest BCUT2D eigenvalue weighted by atomic mass is 16.6. The lowest BCUT2D eigenvalue weighted by Crippen LogP contribution is -2.30. The summed E-state index contributed by atoms with van der Waals surface area (Å²) in [6.45, 7) is 6.53. The Labute approximate surface area is 372 Å². The summed E-state index contributed by atoms with van der Waals surface area (Å²) in [6.07, 6.45) is 56.9. The molecule has 0 unspecified atom stereocenters. The maximum Gasteiger partial charge on any atom is 0.306 e. The van der Waals surface area contributed by atoms with Crippen molar-refractivity contribution in [2.24, 2.45) is 0 Å². The van der Waals surface area contributed by atoms with Crippen molar-refractivity contribution in [1.82, 2.24) is 0 Å². The Morgan fingerprint density at radius 1 is 0.350 bits per heavy atom. The molecule has 0 bridgehead atoms. The molecule has 0 N–H and O–H groups in total. The predicted molar refractivity (Wildman–Crippen MR) is 256 cm³/mol. The van der Waals surface area contributed by atoms with Crippen molar-refractivity contribution in [2.75, 3.05) is 13.2 Å². The summed E-state index contributed by atoms with van der Waals surface area (Å²) in [4.78, 5) is 37.9. The average molecular weight is 843 g/mol. The molecule has 0 aliphatic heterocycles. The van der Waals surface area contributed by atoms with Gasteiger partial charge in [-0.15, -0.1) is 0 Å². The molecule has 0 aliphatic rings. The van der Waals surface area contributed by atoms with Crippen LogP contribution in [0.2, 0.25) is 0 Å². The number of carbonyl (C=O) groups is 3. The summed E-state index contributed by atoms with van der Waals surface area (Å²) in [5.41, 5.74) is 0. The Hall–Kier alpha value is -2.37. The quantitative estimate of drug-likeness (QED) is 0.0263. The van der Waals surface area contributed by atoms with Gasteiger partial charge in [0, 0.05) is 19.3 Å². The van der Waals surface area contributed by atoms with Gasteiger partial charge in [-0.3, -0.25) is 14.4 Å². The number of rotatable bonds is 47. The maximum absolute atomic E-state index is 12.8. The number of allylic oxidation sites excluding steroid dienone is 6. The van der Waals surface area contributed by atoms with Crippen LogP contribution < -0.4 is 0 Å². The zero-order valence-electron chi connectivity index (χ0n) is 40.0. The lowest BCUT2D eigenvalue weighted by Gasteiger charge is -2.18. The van der Waals surface area contributed by atoms with E-state index in [0.29, 0.717) is 19.3 Å². The van der Waals surface area contributed by atoms with E-state index in [0.717, 1.165) is 96.3 Å². The molecule has 6 nitrogen and oxygen atoms in total. The van der Waals surface area contributed by atoms with E-state index in [1.807, 2.05) is 0 Å². The van der Waals surface area contributed by atoms with Crippen LogP contribution in [0.5, 0.6) is 0 Å². The van der Waals surface area contributed by atoms with Crippen LogP contribution in [-0.4, -0.2) is 37.2 Å². The molecular weight excluding hydrogens is 745 g/mol. The molecule has 0 aliphatic carbocycles. The highest BCUT2D eigenvalue weighted by molar-refractivity contribution is 5.71. The smallest absolute Gasteiger partial charge is 0.306 e. The number of hydrogen-bond acceptors (Lipinski definition) is 6. The van der Waals surface area contributed by atoms with Gasteiger partial charge < -0.3 is 14.2 Å². The van der Waals surface area contributed by atoms with Gasteiger partial charge in [0.2, 0.25) is 0 Å². The first-order valence-corrected chi connectivity index (χ1v) is 26.0. The van der Waals surface area contributed by atoms with Gasteiger partial charge in [0.05, 0.1) is 0 Å². The number of hydrogen-bond donors (Lipinski definition) is 0. The molecule has 0 amide bonds. The Bertz CT molecular complexity index is 1020. The standard InChI is InChI=1S/C54H98O6/c1-4-7-10-13-16-19-22-25-27-29-32-35-38-41-44-47-53(56)59-50-51(49-58-52(55)46-43-40-37-34-31-24-21-18-15-12-9-6-3)60-54(57)48-45-42-39-36-33-30-28-26-23-20-17-14-11-8-5-2/h7,10,16,19,25,27,51H,4-6,8-9,11-15,17-18,20-24,26,28-50H2,1-3H3/t51-/m1/s1. The van der Waals surface area contributed by atoms with Crippen LogP contribution in [0.25, 0.3) is 0 Å². The summed E-state index contributed by atoms with van der Waals surface area (Å²) in [6, 6.07) is 0. The number of carbonyl (C=O) groups excluding carboxylic acids is 3. The van der Waals surface area contributed by atoms with E-state index in [-0.39, 0.29) is 31.1 Å². The summed E-state index contributed by atoms with van der Waals surface area (Å²) >= 11 is 0. The second-order valence-electron chi connectivity index (χ2n) is 17.4. The molecule has 0 rings (SSSR count). The zero-order chi connectivity index (χ0) is 43.7. The monoisotopic (exact) mass is 843 g/mol. The Morgan fingerprint density at radius 3 is 1.02 bits per heavy atom. The number of unbranched alkanes of at least 4 members (excludes halogenated alkanes) is 30. The maximum atomic E-state index is 12.8. The second kappa shape index (κ2) is 49.3. The van der Waals surface area contributed by atoms with Gasteiger partial charge in [-0.1, -0.05) is 237 Å². The summed E-state index contributed by atoms with van der Waals surface area (Å²) in [7, 11) is 0. The molecule has 0 saturated heterocycles. The van der Waals surface area contributed by atoms with Crippen LogP contribution >= 0.6 is 0 Å². The van der Waals surface area contributed by atoms with E-state index in [9.17, 15) is 14.4 Å². The molecule has 0 aromatic rings. The number of esters is 3. The van der Waals surface area contributed by atoms with Gasteiger partial charge in [0.25, 0.3) is 0 Å². The first-order chi connectivity index (χ1) is 29.5. The van der Waals surface area contributed by atoms with Crippen molar-refractivity contribution in [3.63, 3.8) is 0 Å². The largest absolute Gasteiger partial charge is 0.462 e. The summed E-state index contributed by atoms with van der Waals surface area (Å²) in [5, 5.41) is 0. The van der Waals surface area contributed by atoms with Crippen molar-refractivity contribution >= 4 is 17.9 Å².